The fraction of sp³-hybridized carbons (Fsp3) is 0.333. The lowest BCUT2D eigenvalue weighted by atomic mass is 10.2. The molecule has 0 saturated heterocycles. The van der Waals surface area contributed by atoms with E-state index in [4.69, 9.17) is 9.15 Å². The van der Waals surface area contributed by atoms with Crippen LogP contribution in [0.1, 0.15) is 18.2 Å². The molecule has 0 spiro atoms. The summed E-state index contributed by atoms with van der Waals surface area (Å²) in [6.45, 7) is 2.90. The molecule has 1 heterocycles. The number of amides is 1. The summed E-state index contributed by atoms with van der Waals surface area (Å²) in [5.74, 6) is -0.775. The molecule has 9 heteroatoms. The van der Waals surface area contributed by atoms with Crippen LogP contribution in [0.2, 0.25) is 0 Å². The fourth-order valence-electron chi connectivity index (χ4n) is 2.18. The molecule has 0 unspecified atom stereocenters. The Morgan fingerprint density at radius 2 is 1.89 bits per heavy atom. The maximum atomic E-state index is 12.5. The Labute approximate surface area is 158 Å². The van der Waals surface area contributed by atoms with E-state index >= 15 is 0 Å². The first-order valence-electron chi connectivity index (χ1n) is 8.22. The van der Waals surface area contributed by atoms with Gasteiger partial charge < -0.3 is 14.5 Å². The van der Waals surface area contributed by atoms with Crippen LogP contribution in [0.15, 0.2) is 52.0 Å². The van der Waals surface area contributed by atoms with Crippen molar-refractivity contribution in [1.29, 1.82) is 0 Å². The van der Waals surface area contributed by atoms with Crippen molar-refractivity contribution in [3.63, 3.8) is 0 Å². The zero-order valence-corrected chi connectivity index (χ0v) is 16.2. The lowest BCUT2D eigenvalue weighted by molar-refractivity contribution is -0.154. The molecule has 146 valence electrons. The number of esters is 1. The molecular formula is C18H22N2O6S. The van der Waals surface area contributed by atoms with Gasteiger partial charge in [-0.05, 0) is 38.1 Å². The van der Waals surface area contributed by atoms with Crippen molar-refractivity contribution in [3.05, 3.63) is 54.0 Å². The number of nitrogens with one attached hydrogen (secondary N) is 1. The van der Waals surface area contributed by atoms with Gasteiger partial charge in [-0.1, -0.05) is 17.7 Å². The second-order valence-electron chi connectivity index (χ2n) is 6.00. The highest BCUT2D eigenvalue weighted by Gasteiger charge is 2.25. The third-order valence-electron chi connectivity index (χ3n) is 3.78. The van der Waals surface area contributed by atoms with E-state index in [0.29, 0.717) is 5.76 Å². The number of carbonyl (C=O) groups excluding carboxylic acids is 2. The van der Waals surface area contributed by atoms with Crippen LogP contribution in [0.5, 0.6) is 0 Å². The number of nitrogens with zero attached hydrogens (tertiary/aromatic N) is 1. The average Bonchev–Trinajstić information content (AvgIpc) is 3.13. The van der Waals surface area contributed by atoms with E-state index in [0.717, 1.165) is 9.87 Å². The molecular weight excluding hydrogens is 372 g/mol. The molecule has 0 aliphatic carbocycles. The van der Waals surface area contributed by atoms with E-state index in [1.807, 2.05) is 6.92 Å². The molecule has 8 nitrogen and oxygen atoms in total. The highest BCUT2D eigenvalue weighted by atomic mass is 32.2. The third kappa shape index (κ3) is 5.66. The maximum absolute atomic E-state index is 12.5. The first-order valence-corrected chi connectivity index (χ1v) is 9.66. The molecule has 1 atom stereocenters. The second-order valence-corrected chi connectivity index (χ2v) is 8.05. The van der Waals surface area contributed by atoms with Crippen molar-refractivity contribution in [1.82, 2.24) is 9.62 Å². The quantitative estimate of drug-likeness (QED) is 0.680. The molecule has 0 radical (unpaired) electrons. The lowest BCUT2D eigenvalue weighted by Crippen LogP contribution is -2.39. The normalized spacial score (nSPS) is 12.6. The number of benzene rings is 1. The Bertz CT molecular complexity index is 875. The van der Waals surface area contributed by atoms with E-state index < -0.39 is 34.5 Å². The summed E-state index contributed by atoms with van der Waals surface area (Å²) in [6.07, 6.45) is 0.415. The van der Waals surface area contributed by atoms with E-state index in [9.17, 15) is 18.0 Å². The molecule has 0 saturated carbocycles. The number of sulfonamides is 1. The molecule has 27 heavy (non-hydrogen) atoms. The molecule has 0 fully saturated rings. The Kier molecular flexibility index (Phi) is 6.75. The van der Waals surface area contributed by atoms with Crippen molar-refractivity contribution in [2.75, 3.05) is 13.6 Å². The number of ether oxygens (including phenoxy) is 1. The largest absolute Gasteiger partial charge is 0.467 e. The van der Waals surface area contributed by atoms with Crippen molar-refractivity contribution >= 4 is 21.9 Å². The molecule has 2 aromatic rings. The summed E-state index contributed by atoms with van der Waals surface area (Å²) in [4.78, 5) is 24.0. The molecule has 0 aliphatic rings. The van der Waals surface area contributed by atoms with Gasteiger partial charge in [0.05, 0.1) is 17.7 Å². The molecule has 1 aromatic heterocycles. The highest BCUT2D eigenvalue weighted by molar-refractivity contribution is 7.89. The number of hydrogen-bond acceptors (Lipinski definition) is 6. The van der Waals surface area contributed by atoms with Gasteiger partial charge in [-0.2, -0.15) is 4.31 Å². The fourth-order valence-corrected chi connectivity index (χ4v) is 3.29. The SMILES string of the molecule is Cc1ccc(S(=O)(=O)N(C)CC(=O)O[C@H](C)C(=O)NCc2ccco2)cc1. The van der Waals surface area contributed by atoms with Crippen LogP contribution in [0.4, 0.5) is 0 Å². The van der Waals surface area contributed by atoms with Crippen molar-refractivity contribution in [2.24, 2.45) is 0 Å². The second kappa shape index (κ2) is 8.83. The maximum Gasteiger partial charge on any atom is 0.322 e. The summed E-state index contributed by atoms with van der Waals surface area (Å²) in [6, 6.07) is 9.67. The lowest BCUT2D eigenvalue weighted by Gasteiger charge is -2.18. The van der Waals surface area contributed by atoms with Crippen LogP contribution in [0, 0.1) is 6.92 Å². The predicted octanol–water partition coefficient (Wildman–Crippen LogP) is 1.46. The number of rotatable bonds is 8. The topological polar surface area (TPSA) is 106 Å². The minimum atomic E-state index is -3.83. The van der Waals surface area contributed by atoms with Crippen LogP contribution in [0.3, 0.4) is 0 Å². The Hall–Kier alpha value is -2.65. The summed E-state index contributed by atoms with van der Waals surface area (Å²) in [7, 11) is -2.55. The Balaban J connectivity index is 1.87. The number of carbonyl (C=O) groups is 2. The first kappa shape index (κ1) is 20.7. The third-order valence-corrected chi connectivity index (χ3v) is 5.59. The van der Waals surface area contributed by atoms with Crippen LogP contribution < -0.4 is 5.32 Å². The van der Waals surface area contributed by atoms with Crippen LogP contribution in [-0.4, -0.2) is 44.3 Å². The predicted molar refractivity (Wildman–Crippen MR) is 97.1 cm³/mol. The van der Waals surface area contributed by atoms with Crippen molar-refractivity contribution in [2.45, 2.75) is 31.4 Å². The minimum absolute atomic E-state index is 0.0765. The Morgan fingerprint density at radius 1 is 1.22 bits per heavy atom. The molecule has 0 aliphatic heterocycles. The van der Waals surface area contributed by atoms with Crippen molar-refractivity contribution < 1.29 is 27.2 Å². The van der Waals surface area contributed by atoms with E-state index in [1.165, 1.54) is 32.4 Å². The van der Waals surface area contributed by atoms with Gasteiger partial charge in [-0.15, -0.1) is 0 Å². The number of furan rings is 1. The number of hydrogen-bond donors (Lipinski definition) is 1. The average molecular weight is 394 g/mol. The first-order chi connectivity index (χ1) is 12.7. The van der Waals surface area contributed by atoms with Gasteiger partial charge in [0.15, 0.2) is 6.10 Å². The smallest absolute Gasteiger partial charge is 0.322 e. The standard InChI is InChI=1S/C18H22N2O6S/c1-13-6-8-16(9-7-13)27(23,24)20(3)12-17(21)26-14(2)18(22)19-11-15-5-4-10-25-15/h4-10,14H,11-12H2,1-3H3,(H,19,22)/t14-/m1/s1. The molecule has 2 rings (SSSR count). The van der Waals surface area contributed by atoms with E-state index in [-0.39, 0.29) is 11.4 Å². The van der Waals surface area contributed by atoms with Gasteiger partial charge >= 0.3 is 5.97 Å². The minimum Gasteiger partial charge on any atom is -0.467 e. The zero-order valence-electron chi connectivity index (χ0n) is 15.3. The summed E-state index contributed by atoms with van der Waals surface area (Å²) >= 11 is 0. The molecule has 1 N–H and O–H groups in total. The van der Waals surface area contributed by atoms with Gasteiger partial charge in [0.2, 0.25) is 10.0 Å². The Morgan fingerprint density at radius 3 is 2.48 bits per heavy atom. The number of aryl methyl sites for hydroxylation is 1. The molecule has 0 bridgehead atoms. The molecule has 1 amide bonds. The van der Waals surface area contributed by atoms with E-state index in [1.54, 1.807) is 24.3 Å². The van der Waals surface area contributed by atoms with Crippen LogP contribution in [0.25, 0.3) is 0 Å². The monoisotopic (exact) mass is 394 g/mol. The highest BCUT2D eigenvalue weighted by Crippen LogP contribution is 2.15. The van der Waals surface area contributed by atoms with Gasteiger partial charge in [-0.3, -0.25) is 9.59 Å². The van der Waals surface area contributed by atoms with Crippen molar-refractivity contribution in [3.8, 4) is 0 Å². The van der Waals surface area contributed by atoms with Crippen LogP contribution in [-0.2, 0) is 30.9 Å². The van der Waals surface area contributed by atoms with Gasteiger partial charge in [0.25, 0.3) is 5.91 Å². The van der Waals surface area contributed by atoms with Crippen LogP contribution >= 0.6 is 0 Å². The molecule has 1 aromatic carbocycles. The van der Waals surface area contributed by atoms with Gasteiger partial charge in [0.1, 0.15) is 12.3 Å². The summed E-state index contributed by atoms with van der Waals surface area (Å²) in [5, 5.41) is 2.56. The number of likely N-dealkylation sites (N-methyl/N-ethyl adjacent to an activating group) is 1. The summed E-state index contributed by atoms with van der Waals surface area (Å²) < 4.78 is 35.9. The zero-order chi connectivity index (χ0) is 20.0. The van der Waals surface area contributed by atoms with Gasteiger partial charge in [-0.25, -0.2) is 8.42 Å². The summed E-state index contributed by atoms with van der Waals surface area (Å²) in [5.41, 5.74) is 0.922. The van der Waals surface area contributed by atoms with Gasteiger partial charge in [0, 0.05) is 7.05 Å². The van der Waals surface area contributed by atoms with E-state index in [2.05, 4.69) is 5.32 Å².